The van der Waals surface area contributed by atoms with E-state index in [-0.39, 0.29) is 18.7 Å². The molecule has 1 amide bonds. The highest BCUT2D eigenvalue weighted by molar-refractivity contribution is 5.68. The molecule has 0 aliphatic carbocycles. The minimum atomic E-state index is -4.34. The lowest BCUT2D eigenvalue weighted by molar-refractivity contribution is -0.137. The smallest absolute Gasteiger partial charge is 0.416 e. The maximum atomic E-state index is 12.4. The molecule has 1 aliphatic rings. The number of hydrogen-bond donors (Lipinski definition) is 1. The molecule has 1 heterocycles. The van der Waals surface area contributed by atoms with Crippen molar-refractivity contribution in [2.75, 3.05) is 26.2 Å². The van der Waals surface area contributed by atoms with Gasteiger partial charge in [0.15, 0.2) is 0 Å². The van der Waals surface area contributed by atoms with Crippen LogP contribution in [0.3, 0.4) is 0 Å². The van der Waals surface area contributed by atoms with Crippen molar-refractivity contribution in [3.8, 4) is 0 Å². The Morgan fingerprint density at radius 1 is 1.39 bits per heavy atom. The average molecular weight is 328 g/mol. The van der Waals surface area contributed by atoms with E-state index in [0.29, 0.717) is 12.1 Å². The molecule has 0 saturated carbocycles. The van der Waals surface area contributed by atoms with Gasteiger partial charge in [-0.15, -0.1) is 0 Å². The highest BCUT2D eigenvalue weighted by Crippen LogP contribution is 2.29. The summed E-state index contributed by atoms with van der Waals surface area (Å²) in [5, 5.41) is 3.18. The van der Waals surface area contributed by atoms with Crippen molar-refractivity contribution in [2.45, 2.75) is 19.1 Å². The van der Waals surface area contributed by atoms with Gasteiger partial charge in [0.2, 0.25) is 0 Å². The van der Waals surface area contributed by atoms with Crippen LogP contribution < -0.4 is 5.32 Å². The molecule has 4 nitrogen and oxygen atoms in total. The molecular weight excluding hydrogens is 309 g/mol. The fourth-order valence-corrected chi connectivity index (χ4v) is 2.28. The summed E-state index contributed by atoms with van der Waals surface area (Å²) in [6.07, 6.45) is -1.49. The normalized spacial score (nSPS) is 19.1. The number of nitrogens with one attached hydrogen (secondary N) is 1. The number of nitrogens with zero attached hydrogens (tertiary/aromatic N) is 1. The summed E-state index contributed by atoms with van der Waals surface area (Å²) in [6, 6.07) is 4.87. The van der Waals surface area contributed by atoms with Gasteiger partial charge in [-0.2, -0.15) is 13.2 Å². The Hall–Kier alpha value is -2.02. The van der Waals surface area contributed by atoms with E-state index >= 15 is 0 Å². The zero-order valence-electron chi connectivity index (χ0n) is 12.8. The van der Waals surface area contributed by atoms with Crippen LogP contribution >= 0.6 is 0 Å². The summed E-state index contributed by atoms with van der Waals surface area (Å²) in [7, 11) is 0. The second kappa shape index (κ2) is 7.50. The Morgan fingerprint density at radius 2 is 2.09 bits per heavy atom. The lowest BCUT2D eigenvalue weighted by Crippen LogP contribution is -2.52. The third kappa shape index (κ3) is 4.99. The molecule has 1 N–H and O–H groups in total. The molecule has 0 bridgehead atoms. The second-order valence-corrected chi connectivity index (χ2v) is 5.35. The van der Waals surface area contributed by atoms with Crippen LogP contribution in [0.5, 0.6) is 0 Å². The Labute approximate surface area is 132 Å². The largest absolute Gasteiger partial charge is 0.445 e. The molecule has 7 heteroatoms. The van der Waals surface area contributed by atoms with E-state index in [9.17, 15) is 18.0 Å². The lowest BCUT2D eigenvalue weighted by atomic mass is 10.1. The fourth-order valence-electron chi connectivity index (χ4n) is 2.28. The minimum Gasteiger partial charge on any atom is -0.445 e. The maximum Gasteiger partial charge on any atom is 0.416 e. The predicted molar refractivity (Wildman–Crippen MR) is 80.9 cm³/mol. The topological polar surface area (TPSA) is 41.6 Å². The number of ether oxygens (including phenoxy) is 1. The number of hydrogen-bond acceptors (Lipinski definition) is 3. The number of amides is 1. The number of benzene rings is 1. The summed E-state index contributed by atoms with van der Waals surface area (Å²) >= 11 is 0. The van der Waals surface area contributed by atoms with Crippen LogP contribution in [-0.4, -0.2) is 43.3 Å². The quantitative estimate of drug-likeness (QED) is 0.927. The van der Waals surface area contributed by atoms with Crippen molar-refractivity contribution in [1.29, 1.82) is 0 Å². The van der Waals surface area contributed by atoms with Gasteiger partial charge in [0.25, 0.3) is 0 Å². The predicted octanol–water partition coefficient (Wildman–Crippen LogP) is 3.15. The molecule has 1 fully saturated rings. The summed E-state index contributed by atoms with van der Waals surface area (Å²) in [4.78, 5) is 13.5. The third-order valence-corrected chi connectivity index (χ3v) is 3.59. The van der Waals surface area contributed by atoms with E-state index in [0.717, 1.165) is 25.2 Å². The molecule has 1 aliphatic heterocycles. The van der Waals surface area contributed by atoms with E-state index in [1.165, 1.54) is 12.1 Å². The first kappa shape index (κ1) is 17.3. The molecule has 0 aromatic heterocycles. The Kier molecular flexibility index (Phi) is 5.65. The Balaban J connectivity index is 1.81. The van der Waals surface area contributed by atoms with Gasteiger partial charge in [0.1, 0.15) is 6.61 Å². The SMILES string of the molecule is CC1CNCCN1C(=O)OCC=Cc1ccc(C(F)(F)F)cc1. The number of rotatable bonds is 3. The van der Waals surface area contributed by atoms with E-state index in [4.69, 9.17) is 4.74 Å². The summed E-state index contributed by atoms with van der Waals surface area (Å²) in [5.41, 5.74) is -0.0710. The van der Waals surface area contributed by atoms with Gasteiger partial charge in [-0.3, -0.25) is 0 Å². The molecule has 0 spiro atoms. The number of piperazine rings is 1. The van der Waals surface area contributed by atoms with Gasteiger partial charge in [-0.05, 0) is 30.7 Å². The van der Waals surface area contributed by atoms with Gasteiger partial charge in [-0.25, -0.2) is 4.79 Å². The van der Waals surface area contributed by atoms with Gasteiger partial charge in [0.05, 0.1) is 5.56 Å². The maximum absolute atomic E-state index is 12.4. The minimum absolute atomic E-state index is 0.0788. The standard InChI is InChI=1S/C16H19F3N2O2/c1-12-11-20-8-9-21(12)15(22)23-10-2-3-13-4-6-14(7-5-13)16(17,18)19/h2-7,12,20H,8-11H2,1H3. The van der Waals surface area contributed by atoms with Crippen LogP contribution in [0.2, 0.25) is 0 Å². The van der Waals surface area contributed by atoms with E-state index in [1.807, 2.05) is 6.92 Å². The zero-order chi connectivity index (χ0) is 16.9. The summed E-state index contributed by atoms with van der Waals surface area (Å²) < 4.78 is 42.5. The van der Waals surface area contributed by atoms with Crippen molar-refractivity contribution in [1.82, 2.24) is 10.2 Å². The van der Waals surface area contributed by atoms with Crippen molar-refractivity contribution >= 4 is 12.2 Å². The molecular formula is C16H19F3N2O2. The molecule has 1 atom stereocenters. The van der Waals surface area contributed by atoms with Gasteiger partial charge >= 0.3 is 12.3 Å². The highest BCUT2D eigenvalue weighted by atomic mass is 19.4. The molecule has 2 rings (SSSR count). The molecule has 1 unspecified atom stereocenters. The number of carbonyl (C=O) groups excluding carboxylic acids is 1. The van der Waals surface area contributed by atoms with Crippen LogP contribution in [0, 0.1) is 0 Å². The molecule has 0 radical (unpaired) electrons. The van der Waals surface area contributed by atoms with Crippen LogP contribution in [0.25, 0.3) is 6.08 Å². The number of alkyl halides is 3. The summed E-state index contributed by atoms with van der Waals surface area (Å²) in [6.45, 7) is 4.09. The third-order valence-electron chi connectivity index (χ3n) is 3.59. The number of carbonyl (C=O) groups is 1. The first-order valence-electron chi connectivity index (χ1n) is 7.36. The van der Waals surface area contributed by atoms with E-state index in [2.05, 4.69) is 5.32 Å². The van der Waals surface area contributed by atoms with Crippen LogP contribution in [-0.2, 0) is 10.9 Å². The second-order valence-electron chi connectivity index (χ2n) is 5.35. The monoisotopic (exact) mass is 328 g/mol. The van der Waals surface area contributed by atoms with Crippen LogP contribution in [0.1, 0.15) is 18.1 Å². The van der Waals surface area contributed by atoms with Crippen LogP contribution in [0.15, 0.2) is 30.3 Å². The molecule has 1 aromatic rings. The molecule has 1 saturated heterocycles. The van der Waals surface area contributed by atoms with Gasteiger partial charge in [-0.1, -0.05) is 18.2 Å². The number of halogens is 3. The van der Waals surface area contributed by atoms with Crippen molar-refractivity contribution in [3.05, 3.63) is 41.5 Å². The molecule has 23 heavy (non-hydrogen) atoms. The van der Waals surface area contributed by atoms with Crippen molar-refractivity contribution in [2.24, 2.45) is 0 Å². The average Bonchev–Trinajstić information content (AvgIpc) is 2.51. The van der Waals surface area contributed by atoms with Crippen molar-refractivity contribution < 1.29 is 22.7 Å². The van der Waals surface area contributed by atoms with E-state index < -0.39 is 11.7 Å². The van der Waals surface area contributed by atoms with Gasteiger partial charge in [0, 0.05) is 25.7 Å². The van der Waals surface area contributed by atoms with Gasteiger partial charge < -0.3 is 15.0 Å². The Morgan fingerprint density at radius 3 is 2.70 bits per heavy atom. The molecule has 126 valence electrons. The lowest BCUT2D eigenvalue weighted by Gasteiger charge is -2.32. The first-order valence-corrected chi connectivity index (χ1v) is 7.36. The summed E-state index contributed by atoms with van der Waals surface area (Å²) in [5.74, 6) is 0. The highest BCUT2D eigenvalue weighted by Gasteiger charge is 2.29. The van der Waals surface area contributed by atoms with E-state index in [1.54, 1.807) is 17.1 Å². The van der Waals surface area contributed by atoms with Crippen molar-refractivity contribution in [3.63, 3.8) is 0 Å². The Bertz CT molecular complexity index is 555. The van der Waals surface area contributed by atoms with Crippen LogP contribution in [0.4, 0.5) is 18.0 Å². The first-order chi connectivity index (χ1) is 10.9. The molecule has 1 aromatic carbocycles. The fraction of sp³-hybridized carbons (Fsp3) is 0.438. The zero-order valence-corrected chi connectivity index (χ0v) is 12.8.